The Labute approximate surface area is 114 Å². The minimum absolute atomic E-state index is 0.871. The molecule has 0 unspecified atom stereocenters. The van der Waals surface area contributed by atoms with Gasteiger partial charge >= 0.3 is 0 Å². The number of nitrogens with two attached hydrogens (primary N) is 1. The molecule has 0 atom stereocenters. The third-order valence-electron chi connectivity index (χ3n) is 3.81. The summed E-state index contributed by atoms with van der Waals surface area (Å²) in [5.74, 6) is 0. The molecular weight excluding hydrogens is 232 g/mol. The Kier molecular flexibility index (Phi) is 3.26. The second-order valence-electron chi connectivity index (χ2n) is 5.48. The number of nitrogens with zero attached hydrogens (tertiary/aromatic N) is 1. The minimum Gasteiger partial charge on any atom is -0.399 e. The van der Waals surface area contributed by atoms with E-state index in [4.69, 9.17) is 5.73 Å². The number of hydrogen-bond acceptors (Lipinski definition) is 2. The van der Waals surface area contributed by atoms with Gasteiger partial charge in [-0.05, 0) is 42.2 Å². The molecule has 2 N–H and O–H groups in total. The molecule has 3 rings (SSSR count). The van der Waals surface area contributed by atoms with Gasteiger partial charge in [-0.15, -0.1) is 0 Å². The van der Waals surface area contributed by atoms with Crippen LogP contribution in [0, 0.1) is 6.92 Å². The maximum Gasteiger partial charge on any atom is 0.0317 e. The van der Waals surface area contributed by atoms with E-state index < -0.39 is 0 Å². The zero-order valence-electron chi connectivity index (χ0n) is 11.4. The van der Waals surface area contributed by atoms with Gasteiger partial charge in [0.2, 0.25) is 0 Å². The van der Waals surface area contributed by atoms with Crippen molar-refractivity contribution >= 4 is 5.69 Å². The summed E-state index contributed by atoms with van der Waals surface area (Å²) < 4.78 is 0. The van der Waals surface area contributed by atoms with Gasteiger partial charge in [0.25, 0.3) is 0 Å². The minimum atomic E-state index is 0.871. The fourth-order valence-corrected chi connectivity index (χ4v) is 2.84. The fourth-order valence-electron chi connectivity index (χ4n) is 2.84. The monoisotopic (exact) mass is 252 g/mol. The summed E-state index contributed by atoms with van der Waals surface area (Å²) in [6.07, 6.45) is 1.13. The predicted octanol–water partition coefficient (Wildman–Crippen LogP) is 3.14. The van der Waals surface area contributed by atoms with Gasteiger partial charge in [-0.3, -0.25) is 4.90 Å². The highest BCUT2D eigenvalue weighted by Crippen LogP contribution is 2.22. The molecule has 0 saturated carbocycles. The lowest BCUT2D eigenvalue weighted by Gasteiger charge is -2.29. The van der Waals surface area contributed by atoms with E-state index in [1.165, 1.54) is 22.3 Å². The smallest absolute Gasteiger partial charge is 0.0317 e. The van der Waals surface area contributed by atoms with Crippen LogP contribution in [0.3, 0.4) is 0 Å². The summed E-state index contributed by atoms with van der Waals surface area (Å²) >= 11 is 0. The SMILES string of the molecule is Cc1cccc(CN2CCc3ccc(N)cc3C2)c1. The van der Waals surface area contributed by atoms with Crippen LogP contribution in [0.4, 0.5) is 5.69 Å². The van der Waals surface area contributed by atoms with Gasteiger partial charge in [-0.2, -0.15) is 0 Å². The summed E-state index contributed by atoms with van der Waals surface area (Å²) in [6, 6.07) is 15.1. The standard InChI is InChI=1S/C17H20N2/c1-13-3-2-4-14(9-13)11-19-8-7-15-5-6-17(18)10-16(15)12-19/h2-6,9-10H,7-8,11-12,18H2,1H3. The van der Waals surface area contributed by atoms with Gasteiger partial charge in [-0.25, -0.2) is 0 Å². The number of aryl methyl sites for hydroxylation is 1. The molecule has 1 aliphatic heterocycles. The number of benzene rings is 2. The van der Waals surface area contributed by atoms with Crippen LogP contribution < -0.4 is 5.73 Å². The zero-order valence-corrected chi connectivity index (χ0v) is 11.4. The first-order chi connectivity index (χ1) is 9.20. The molecule has 2 nitrogen and oxygen atoms in total. The summed E-state index contributed by atoms with van der Waals surface area (Å²) in [6.45, 7) is 5.31. The molecule has 2 aromatic rings. The third-order valence-corrected chi connectivity index (χ3v) is 3.81. The Hall–Kier alpha value is -1.80. The lowest BCUT2D eigenvalue weighted by Crippen LogP contribution is -2.30. The van der Waals surface area contributed by atoms with Crippen molar-refractivity contribution in [2.45, 2.75) is 26.4 Å². The van der Waals surface area contributed by atoms with Gasteiger partial charge in [0.05, 0.1) is 0 Å². The molecule has 0 amide bonds. The van der Waals surface area contributed by atoms with Crippen molar-refractivity contribution in [3.05, 3.63) is 64.7 Å². The van der Waals surface area contributed by atoms with Gasteiger partial charge in [0.15, 0.2) is 0 Å². The normalized spacial score (nSPS) is 15.2. The number of hydrogen-bond donors (Lipinski definition) is 1. The zero-order chi connectivity index (χ0) is 13.2. The van der Waals surface area contributed by atoms with Gasteiger partial charge in [0.1, 0.15) is 0 Å². The Balaban J connectivity index is 1.75. The molecule has 98 valence electrons. The number of rotatable bonds is 2. The molecular formula is C17H20N2. The van der Waals surface area contributed by atoms with Crippen LogP contribution in [0.1, 0.15) is 22.3 Å². The molecule has 0 fully saturated rings. The Morgan fingerprint density at radius 3 is 2.84 bits per heavy atom. The number of fused-ring (bicyclic) bond motifs is 1. The molecule has 0 aromatic heterocycles. The van der Waals surface area contributed by atoms with Crippen molar-refractivity contribution in [3.63, 3.8) is 0 Å². The fraction of sp³-hybridized carbons (Fsp3) is 0.294. The summed E-state index contributed by atoms with van der Waals surface area (Å²) in [5, 5.41) is 0. The topological polar surface area (TPSA) is 29.3 Å². The highest BCUT2D eigenvalue weighted by atomic mass is 15.1. The predicted molar refractivity (Wildman–Crippen MR) is 79.9 cm³/mol. The van der Waals surface area contributed by atoms with Gasteiger partial charge in [-0.1, -0.05) is 35.9 Å². The van der Waals surface area contributed by atoms with E-state index in [2.05, 4.69) is 48.2 Å². The van der Waals surface area contributed by atoms with Crippen molar-refractivity contribution in [2.24, 2.45) is 0 Å². The van der Waals surface area contributed by atoms with E-state index in [9.17, 15) is 0 Å². The maximum absolute atomic E-state index is 5.88. The van der Waals surface area contributed by atoms with Gasteiger partial charge in [0, 0.05) is 25.3 Å². The molecule has 0 saturated heterocycles. The Morgan fingerprint density at radius 1 is 1.11 bits per heavy atom. The third kappa shape index (κ3) is 2.79. The average molecular weight is 252 g/mol. The summed E-state index contributed by atoms with van der Waals surface area (Å²) in [7, 11) is 0. The molecule has 1 aliphatic rings. The molecule has 0 spiro atoms. The van der Waals surface area contributed by atoms with E-state index in [1.54, 1.807) is 0 Å². The average Bonchev–Trinajstić information content (AvgIpc) is 2.38. The molecule has 0 aliphatic carbocycles. The molecule has 2 aromatic carbocycles. The van der Waals surface area contributed by atoms with Crippen LogP contribution in [-0.4, -0.2) is 11.4 Å². The van der Waals surface area contributed by atoms with Gasteiger partial charge < -0.3 is 5.73 Å². The molecule has 1 heterocycles. The number of anilines is 1. The molecule has 0 radical (unpaired) electrons. The van der Waals surface area contributed by atoms with E-state index in [0.717, 1.165) is 31.7 Å². The van der Waals surface area contributed by atoms with Crippen LogP contribution in [0.2, 0.25) is 0 Å². The Morgan fingerprint density at radius 2 is 2.00 bits per heavy atom. The lowest BCUT2D eigenvalue weighted by atomic mass is 9.98. The van der Waals surface area contributed by atoms with E-state index in [0.29, 0.717) is 0 Å². The van der Waals surface area contributed by atoms with Crippen LogP contribution >= 0.6 is 0 Å². The van der Waals surface area contributed by atoms with Crippen molar-refractivity contribution in [3.8, 4) is 0 Å². The first-order valence-corrected chi connectivity index (χ1v) is 6.86. The maximum atomic E-state index is 5.88. The van der Waals surface area contributed by atoms with Crippen LogP contribution in [-0.2, 0) is 19.5 Å². The van der Waals surface area contributed by atoms with E-state index in [1.807, 2.05) is 6.07 Å². The number of nitrogen functional groups attached to an aromatic ring is 1. The summed E-state index contributed by atoms with van der Waals surface area (Å²) in [4.78, 5) is 2.50. The highest BCUT2D eigenvalue weighted by molar-refractivity contribution is 5.45. The first kappa shape index (κ1) is 12.2. The lowest BCUT2D eigenvalue weighted by molar-refractivity contribution is 0.245. The van der Waals surface area contributed by atoms with Crippen molar-refractivity contribution in [1.29, 1.82) is 0 Å². The quantitative estimate of drug-likeness (QED) is 0.832. The van der Waals surface area contributed by atoms with E-state index in [-0.39, 0.29) is 0 Å². The molecule has 2 heteroatoms. The van der Waals surface area contributed by atoms with E-state index >= 15 is 0 Å². The Bertz CT molecular complexity index is 590. The highest BCUT2D eigenvalue weighted by Gasteiger charge is 2.16. The second kappa shape index (κ2) is 5.06. The largest absolute Gasteiger partial charge is 0.399 e. The van der Waals surface area contributed by atoms with Crippen LogP contribution in [0.15, 0.2) is 42.5 Å². The second-order valence-corrected chi connectivity index (χ2v) is 5.48. The van der Waals surface area contributed by atoms with Crippen molar-refractivity contribution in [2.75, 3.05) is 12.3 Å². The van der Waals surface area contributed by atoms with Crippen molar-refractivity contribution < 1.29 is 0 Å². The van der Waals surface area contributed by atoms with Crippen LogP contribution in [0.25, 0.3) is 0 Å². The molecule has 0 bridgehead atoms. The first-order valence-electron chi connectivity index (χ1n) is 6.86. The summed E-state index contributed by atoms with van der Waals surface area (Å²) in [5.41, 5.74) is 12.3. The van der Waals surface area contributed by atoms with Crippen LogP contribution in [0.5, 0.6) is 0 Å². The molecule has 19 heavy (non-hydrogen) atoms. The van der Waals surface area contributed by atoms with Crippen molar-refractivity contribution in [1.82, 2.24) is 4.90 Å².